The number of aromatic amines is 1. The molecule has 23 heavy (non-hydrogen) atoms. The van der Waals surface area contributed by atoms with Crippen LogP contribution in [0.4, 0.5) is 0 Å². The highest BCUT2D eigenvalue weighted by Crippen LogP contribution is 2.36. The van der Waals surface area contributed by atoms with Crippen LogP contribution in [0.15, 0.2) is 36.7 Å². The second-order valence-electron chi connectivity index (χ2n) is 6.21. The van der Waals surface area contributed by atoms with E-state index in [2.05, 4.69) is 52.4 Å². The van der Waals surface area contributed by atoms with Crippen LogP contribution >= 0.6 is 0 Å². The van der Waals surface area contributed by atoms with Gasteiger partial charge in [-0.3, -0.25) is 9.58 Å². The van der Waals surface area contributed by atoms with Gasteiger partial charge in [-0.25, -0.2) is 0 Å². The third-order valence-corrected chi connectivity index (χ3v) is 4.67. The number of H-pyrrole nitrogens is 1. The highest BCUT2D eigenvalue weighted by Gasteiger charge is 2.29. The smallest absolute Gasteiger partial charge is 0.0658 e. The van der Waals surface area contributed by atoms with Crippen molar-refractivity contribution in [3.8, 4) is 0 Å². The van der Waals surface area contributed by atoms with E-state index in [1.807, 2.05) is 17.9 Å². The summed E-state index contributed by atoms with van der Waals surface area (Å²) in [6.45, 7) is 5.63. The summed E-state index contributed by atoms with van der Waals surface area (Å²) in [5.41, 5.74) is 5.02. The van der Waals surface area contributed by atoms with Crippen molar-refractivity contribution in [2.45, 2.75) is 13.0 Å². The predicted molar refractivity (Wildman–Crippen MR) is 90.5 cm³/mol. The molecule has 5 nitrogen and oxygen atoms in total. The summed E-state index contributed by atoms with van der Waals surface area (Å²) in [6, 6.07) is 8.75. The van der Waals surface area contributed by atoms with Gasteiger partial charge in [0.05, 0.1) is 25.5 Å². The number of hydrogen-bond donors (Lipinski definition) is 1. The average molecular weight is 310 g/mol. The van der Waals surface area contributed by atoms with E-state index in [0.29, 0.717) is 0 Å². The fourth-order valence-electron chi connectivity index (χ4n) is 3.63. The zero-order valence-corrected chi connectivity index (χ0v) is 13.6. The molecule has 0 bridgehead atoms. The van der Waals surface area contributed by atoms with E-state index in [0.717, 1.165) is 26.3 Å². The lowest BCUT2D eigenvalue weighted by molar-refractivity contribution is 0.0241. The minimum atomic E-state index is 0.212. The van der Waals surface area contributed by atoms with Gasteiger partial charge >= 0.3 is 0 Å². The monoisotopic (exact) mass is 310 g/mol. The molecule has 2 aromatic heterocycles. The third-order valence-electron chi connectivity index (χ3n) is 4.67. The van der Waals surface area contributed by atoms with Gasteiger partial charge in [0.2, 0.25) is 0 Å². The number of nitrogens with one attached hydrogen (secondary N) is 1. The molecule has 1 N–H and O–H groups in total. The minimum Gasteiger partial charge on any atom is -0.379 e. The van der Waals surface area contributed by atoms with Crippen LogP contribution in [-0.2, 0) is 11.8 Å². The normalized spacial score (nSPS) is 17.7. The molecule has 1 atom stereocenters. The lowest BCUT2D eigenvalue weighted by Crippen LogP contribution is -2.39. The van der Waals surface area contributed by atoms with Crippen LogP contribution in [0.25, 0.3) is 10.9 Å². The number of fused-ring (bicyclic) bond motifs is 1. The highest BCUT2D eigenvalue weighted by atomic mass is 16.5. The first kappa shape index (κ1) is 14.5. The zero-order valence-electron chi connectivity index (χ0n) is 13.6. The van der Waals surface area contributed by atoms with Gasteiger partial charge in [-0.2, -0.15) is 5.10 Å². The van der Waals surface area contributed by atoms with Gasteiger partial charge in [-0.1, -0.05) is 18.2 Å². The number of benzene rings is 1. The molecule has 0 radical (unpaired) electrons. The number of rotatable bonds is 3. The van der Waals surface area contributed by atoms with E-state index in [-0.39, 0.29) is 6.04 Å². The molecule has 3 aromatic rings. The van der Waals surface area contributed by atoms with Crippen molar-refractivity contribution in [3.05, 3.63) is 53.5 Å². The van der Waals surface area contributed by atoms with Gasteiger partial charge in [-0.05, 0) is 13.0 Å². The van der Waals surface area contributed by atoms with Crippen molar-refractivity contribution in [2.24, 2.45) is 7.05 Å². The molecule has 1 saturated heterocycles. The van der Waals surface area contributed by atoms with Crippen molar-refractivity contribution in [1.29, 1.82) is 0 Å². The Bertz CT molecular complexity index is 813. The molecule has 5 heteroatoms. The van der Waals surface area contributed by atoms with Crippen LogP contribution in [0.3, 0.4) is 0 Å². The van der Waals surface area contributed by atoms with Gasteiger partial charge in [-0.15, -0.1) is 0 Å². The van der Waals surface area contributed by atoms with E-state index in [4.69, 9.17) is 4.74 Å². The molecule has 1 fully saturated rings. The van der Waals surface area contributed by atoms with Crippen LogP contribution in [0, 0.1) is 6.92 Å². The van der Waals surface area contributed by atoms with Crippen LogP contribution < -0.4 is 0 Å². The molecular formula is C18H22N4O. The fourth-order valence-corrected chi connectivity index (χ4v) is 3.63. The van der Waals surface area contributed by atoms with Crippen LogP contribution in [0.5, 0.6) is 0 Å². The molecule has 0 saturated carbocycles. The summed E-state index contributed by atoms with van der Waals surface area (Å²) in [7, 11) is 1.97. The average Bonchev–Trinajstić information content (AvgIpc) is 3.13. The molecule has 1 aliphatic heterocycles. The van der Waals surface area contributed by atoms with Gasteiger partial charge in [0.15, 0.2) is 0 Å². The Balaban J connectivity index is 1.87. The van der Waals surface area contributed by atoms with Crippen molar-refractivity contribution in [2.75, 3.05) is 26.3 Å². The van der Waals surface area contributed by atoms with Crippen LogP contribution in [0.1, 0.15) is 22.9 Å². The van der Waals surface area contributed by atoms with Gasteiger partial charge in [0.25, 0.3) is 0 Å². The zero-order chi connectivity index (χ0) is 15.8. The molecular weight excluding hydrogens is 288 g/mol. The fraction of sp³-hybridized carbons (Fsp3) is 0.389. The molecule has 120 valence electrons. The molecule has 1 unspecified atom stereocenters. The first-order chi connectivity index (χ1) is 11.2. The lowest BCUT2D eigenvalue weighted by Gasteiger charge is -2.34. The van der Waals surface area contributed by atoms with E-state index < -0.39 is 0 Å². The number of aromatic nitrogens is 3. The highest BCUT2D eigenvalue weighted by molar-refractivity contribution is 5.85. The van der Waals surface area contributed by atoms with Crippen molar-refractivity contribution < 1.29 is 4.74 Å². The van der Waals surface area contributed by atoms with E-state index in [1.54, 1.807) is 0 Å². The van der Waals surface area contributed by atoms with Crippen molar-refractivity contribution in [3.63, 3.8) is 0 Å². The van der Waals surface area contributed by atoms with Gasteiger partial charge in [0.1, 0.15) is 0 Å². The van der Waals surface area contributed by atoms with Crippen LogP contribution in [0.2, 0.25) is 0 Å². The minimum absolute atomic E-state index is 0.212. The summed E-state index contributed by atoms with van der Waals surface area (Å²) in [6.07, 6.45) is 4.11. The quantitative estimate of drug-likeness (QED) is 0.809. The van der Waals surface area contributed by atoms with Crippen LogP contribution in [-0.4, -0.2) is 46.0 Å². The Morgan fingerprint density at radius 1 is 1.22 bits per heavy atom. The molecule has 3 heterocycles. The first-order valence-electron chi connectivity index (χ1n) is 8.11. The number of para-hydroxylation sites is 1. The Hall–Kier alpha value is -2.11. The second kappa shape index (κ2) is 5.83. The van der Waals surface area contributed by atoms with Gasteiger partial charge in [0, 0.05) is 54.1 Å². The molecule has 0 aliphatic carbocycles. The standard InChI is InChI=1S/C18H22N4O/c1-13-17(15-5-3-4-6-16(15)20-13)18(14-11-19-21(2)12-14)22-7-9-23-10-8-22/h3-6,11-12,18,20H,7-10H2,1-2H3. The summed E-state index contributed by atoms with van der Waals surface area (Å²) in [5, 5.41) is 5.70. The number of aryl methyl sites for hydroxylation is 2. The lowest BCUT2D eigenvalue weighted by atomic mass is 9.96. The van der Waals surface area contributed by atoms with Crippen molar-refractivity contribution in [1.82, 2.24) is 19.7 Å². The first-order valence-corrected chi connectivity index (χ1v) is 8.11. The molecule has 1 aromatic carbocycles. The summed E-state index contributed by atoms with van der Waals surface area (Å²) >= 11 is 0. The maximum Gasteiger partial charge on any atom is 0.0658 e. The summed E-state index contributed by atoms with van der Waals surface area (Å²) < 4.78 is 7.44. The van der Waals surface area contributed by atoms with E-state index in [9.17, 15) is 0 Å². The summed E-state index contributed by atoms with van der Waals surface area (Å²) in [5.74, 6) is 0. The topological polar surface area (TPSA) is 46.1 Å². The SMILES string of the molecule is Cc1[nH]c2ccccc2c1C(c1cnn(C)c1)N1CCOCC1. The third kappa shape index (κ3) is 2.56. The number of ether oxygens (including phenoxy) is 1. The van der Waals surface area contributed by atoms with Gasteiger partial charge < -0.3 is 9.72 Å². The Morgan fingerprint density at radius 3 is 2.74 bits per heavy atom. The maximum atomic E-state index is 5.56. The maximum absolute atomic E-state index is 5.56. The van der Waals surface area contributed by atoms with E-state index >= 15 is 0 Å². The Morgan fingerprint density at radius 2 is 2.00 bits per heavy atom. The predicted octanol–water partition coefficient (Wildman–Crippen LogP) is 2.63. The molecule has 1 aliphatic rings. The molecule has 0 spiro atoms. The second-order valence-corrected chi connectivity index (χ2v) is 6.21. The van der Waals surface area contributed by atoms with Crippen molar-refractivity contribution >= 4 is 10.9 Å². The number of morpholine rings is 1. The molecule has 0 amide bonds. The largest absolute Gasteiger partial charge is 0.379 e. The number of nitrogens with zero attached hydrogens (tertiary/aromatic N) is 3. The van der Waals surface area contributed by atoms with E-state index in [1.165, 1.54) is 27.7 Å². The Labute approximate surface area is 135 Å². The number of hydrogen-bond acceptors (Lipinski definition) is 3. The molecule has 4 rings (SSSR count). The Kier molecular flexibility index (Phi) is 3.67. The summed E-state index contributed by atoms with van der Waals surface area (Å²) in [4.78, 5) is 6.04.